The maximum atomic E-state index is 15.0. The number of benzene rings is 2. The lowest BCUT2D eigenvalue weighted by Gasteiger charge is -2.31. The zero-order valence-corrected chi connectivity index (χ0v) is 44.1. The minimum Gasteiger partial charge on any atom is -0.449 e. The molecule has 4 aromatic rings. The molecule has 6 amide bonds. The number of unbranched alkanes of at least 4 members (excludes halogenated alkanes) is 4. The van der Waals surface area contributed by atoms with Gasteiger partial charge in [-0.05, 0) is 113 Å². The van der Waals surface area contributed by atoms with Gasteiger partial charge in [0.15, 0.2) is 0 Å². The Labute approximate surface area is 431 Å². The van der Waals surface area contributed by atoms with Crippen molar-refractivity contribution in [3.63, 3.8) is 0 Å². The number of aromatic nitrogens is 2. The van der Waals surface area contributed by atoms with E-state index in [1.165, 1.54) is 48.2 Å². The predicted molar refractivity (Wildman–Crippen MR) is 276 cm³/mol. The molecule has 2 aromatic heterocycles. The van der Waals surface area contributed by atoms with Crippen molar-refractivity contribution in [2.24, 2.45) is 0 Å². The number of aromatic amines is 2. The lowest BCUT2D eigenvalue weighted by molar-refractivity contribution is -0.138. The number of nitrogens with one attached hydrogen (secondary N) is 4. The smallest absolute Gasteiger partial charge is 0.410 e. The molecule has 74 heavy (non-hydrogen) atoms. The first-order chi connectivity index (χ1) is 35.3. The van der Waals surface area contributed by atoms with Crippen LogP contribution in [0.25, 0.3) is 33.2 Å². The van der Waals surface area contributed by atoms with Crippen LogP contribution in [0.1, 0.15) is 117 Å². The molecule has 18 nitrogen and oxygen atoms in total. The molecule has 2 aliphatic heterocycles. The third-order valence-electron chi connectivity index (χ3n) is 14.7. The number of nitrogens with zero attached hydrogens (tertiary/aromatic N) is 4. The zero-order valence-electron chi connectivity index (χ0n) is 44.1. The van der Waals surface area contributed by atoms with E-state index in [0.717, 1.165) is 25.7 Å². The summed E-state index contributed by atoms with van der Waals surface area (Å²) in [6.07, 6.45) is 3.07. The number of carbonyl (C=O) groups is 6. The SMILES string of the molecule is CCCCCOC(=O)N(C)[C@@H](C)C(=O)NC(CC)C(=O)N1C[C@@H](O)C[C@H]1Cc1c(-c2[nH]c3cc(F)ccc3c2C[C@@H]2C[C@H](O)CN2C(=O)[C@H](CC)NC(=O)[C@H](C)N(C)C(=O)OCCCCC)[nH]c2cc(F)ccc12. The average Bonchev–Trinajstić information content (AvgIpc) is 4.15. The minimum atomic E-state index is -1.000. The van der Waals surface area contributed by atoms with E-state index in [1.54, 1.807) is 49.6 Å². The molecule has 20 heteroatoms. The fourth-order valence-corrected chi connectivity index (χ4v) is 10.0. The number of aliphatic hydroxyl groups excluding tert-OH is 2. The summed E-state index contributed by atoms with van der Waals surface area (Å²) in [5.74, 6) is -2.99. The van der Waals surface area contributed by atoms with Crippen molar-refractivity contribution in [2.75, 3.05) is 40.4 Å². The van der Waals surface area contributed by atoms with Crippen molar-refractivity contribution in [3.05, 3.63) is 59.2 Å². The van der Waals surface area contributed by atoms with Crippen LogP contribution in [0.5, 0.6) is 0 Å². The molecule has 8 atom stereocenters. The summed E-state index contributed by atoms with van der Waals surface area (Å²) in [5.41, 5.74) is 3.19. The van der Waals surface area contributed by atoms with Crippen molar-refractivity contribution < 1.29 is 57.2 Å². The molecular formula is C54H76F2N8O10. The standard InChI is InChI=1S/C54H76F2N8O10/c1-9-13-15-21-73-53(71)61(7)31(5)49(67)59-43(11-3)51(69)63-29-37(65)25-35(63)27-41-39-19-17-33(55)23-45(39)57-47(41)48-42(40-20-18-34(56)24-46(40)58-48)28-36-26-38(66)30-64(36)52(70)44(12-4)60-50(68)32(6)62(8)54(72)74-22-16-14-10-2/h17-20,23-24,31-32,35-38,43-44,57-58,65-66H,9-16,21-22,25-30H2,1-8H3,(H,59,67)(H,60,68)/t31-,32-,35-,36-,37-,38-,43-,44?/m0/s1. The van der Waals surface area contributed by atoms with Crippen LogP contribution in [0.2, 0.25) is 0 Å². The van der Waals surface area contributed by atoms with Crippen LogP contribution < -0.4 is 10.6 Å². The van der Waals surface area contributed by atoms with E-state index < -0.39 is 95.9 Å². The van der Waals surface area contributed by atoms with Gasteiger partial charge >= 0.3 is 12.2 Å². The first-order valence-corrected chi connectivity index (χ1v) is 26.3. The maximum Gasteiger partial charge on any atom is 0.410 e. The molecule has 6 N–H and O–H groups in total. The minimum absolute atomic E-state index is 0.0208. The van der Waals surface area contributed by atoms with Crippen molar-refractivity contribution >= 4 is 57.6 Å². The summed E-state index contributed by atoms with van der Waals surface area (Å²) in [6, 6.07) is 3.47. The molecule has 0 aliphatic carbocycles. The Kier molecular flexibility index (Phi) is 19.9. The number of likely N-dealkylation sites (tertiary alicyclic amines) is 2. The Morgan fingerprint density at radius 2 is 1.03 bits per heavy atom. The number of hydrogen-bond acceptors (Lipinski definition) is 10. The molecule has 2 aromatic carbocycles. The molecule has 2 aliphatic rings. The van der Waals surface area contributed by atoms with Gasteiger partial charge in [-0.1, -0.05) is 53.4 Å². The van der Waals surface area contributed by atoms with Crippen molar-refractivity contribution in [1.29, 1.82) is 0 Å². The molecule has 2 saturated heterocycles. The fourth-order valence-electron chi connectivity index (χ4n) is 10.0. The van der Waals surface area contributed by atoms with Gasteiger partial charge in [0.05, 0.1) is 36.8 Å². The molecule has 0 saturated carbocycles. The van der Waals surface area contributed by atoms with Crippen LogP contribution in [0.3, 0.4) is 0 Å². The van der Waals surface area contributed by atoms with E-state index in [-0.39, 0.29) is 64.8 Å². The highest BCUT2D eigenvalue weighted by atomic mass is 19.1. The number of likely N-dealkylation sites (N-methyl/N-ethyl adjacent to an activating group) is 2. The van der Waals surface area contributed by atoms with Gasteiger partial charge in [0.25, 0.3) is 0 Å². The lowest BCUT2D eigenvalue weighted by Crippen LogP contribution is -2.54. The van der Waals surface area contributed by atoms with Gasteiger partial charge in [-0.15, -0.1) is 0 Å². The number of halogens is 2. The molecule has 1 unspecified atom stereocenters. The first kappa shape index (κ1) is 57.0. The number of rotatable bonds is 23. The van der Waals surface area contributed by atoms with Gasteiger partial charge in [-0.2, -0.15) is 0 Å². The average molecular weight is 1040 g/mol. The highest BCUT2D eigenvalue weighted by Crippen LogP contribution is 2.40. The molecule has 0 spiro atoms. The topological polar surface area (TPSA) is 230 Å². The van der Waals surface area contributed by atoms with Crippen molar-refractivity contribution in [2.45, 2.75) is 167 Å². The van der Waals surface area contributed by atoms with E-state index in [0.29, 0.717) is 57.2 Å². The molecule has 4 heterocycles. The normalized spacial score (nSPS) is 19.3. The zero-order chi connectivity index (χ0) is 54.0. The van der Waals surface area contributed by atoms with Gasteiger partial charge in [0.2, 0.25) is 23.6 Å². The van der Waals surface area contributed by atoms with Gasteiger partial charge in [-0.3, -0.25) is 29.0 Å². The number of β-amino-alcohol motifs (C(OH)–C–C–N with tert-alkyl or cyclic N) is 2. The summed E-state index contributed by atoms with van der Waals surface area (Å²) in [5, 5.41) is 29.2. The number of H-pyrrole nitrogens is 2. The van der Waals surface area contributed by atoms with E-state index in [2.05, 4.69) is 20.6 Å². The summed E-state index contributed by atoms with van der Waals surface area (Å²) >= 11 is 0. The summed E-state index contributed by atoms with van der Waals surface area (Å²) < 4.78 is 40.7. The number of fused-ring (bicyclic) bond motifs is 2. The first-order valence-electron chi connectivity index (χ1n) is 26.3. The molecule has 0 radical (unpaired) electrons. The summed E-state index contributed by atoms with van der Waals surface area (Å²) in [4.78, 5) is 93.7. The molecule has 2 fully saturated rings. The summed E-state index contributed by atoms with van der Waals surface area (Å²) in [7, 11) is 2.91. The number of ether oxygens (including phenoxy) is 2. The van der Waals surface area contributed by atoms with Gasteiger partial charge in [0, 0.05) is 61.1 Å². The second-order valence-corrected chi connectivity index (χ2v) is 20.0. The van der Waals surface area contributed by atoms with E-state index >= 15 is 8.78 Å². The van der Waals surface area contributed by atoms with Crippen LogP contribution >= 0.6 is 0 Å². The monoisotopic (exact) mass is 1030 g/mol. The van der Waals surface area contributed by atoms with Gasteiger partial charge in [0.1, 0.15) is 35.8 Å². The Morgan fingerprint density at radius 1 is 0.649 bits per heavy atom. The van der Waals surface area contributed by atoms with E-state index in [4.69, 9.17) is 9.47 Å². The van der Waals surface area contributed by atoms with Crippen LogP contribution in [-0.4, -0.2) is 164 Å². The Bertz CT molecular complexity index is 2450. The Hall–Kier alpha value is -6.28. The van der Waals surface area contributed by atoms with E-state index in [1.807, 2.05) is 13.8 Å². The number of carbonyl (C=O) groups excluding carboxylic acids is 6. The quantitative estimate of drug-likeness (QED) is 0.0432. The second kappa shape index (κ2) is 25.8. The number of aliphatic hydroxyl groups is 2. The van der Waals surface area contributed by atoms with Gasteiger partial charge < -0.3 is 50.1 Å². The largest absolute Gasteiger partial charge is 0.449 e. The number of hydrogen-bond donors (Lipinski definition) is 6. The van der Waals surface area contributed by atoms with Crippen molar-refractivity contribution in [3.8, 4) is 11.4 Å². The van der Waals surface area contributed by atoms with Gasteiger partial charge in [-0.25, -0.2) is 18.4 Å². The molecule has 6 rings (SSSR count). The summed E-state index contributed by atoms with van der Waals surface area (Å²) in [6.45, 7) is 11.1. The van der Waals surface area contributed by atoms with Crippen molar-refractivity contribution in [1.82, 2.24) is 40.2 Å². The number of amides is 6. The lowest BCUT2D eigenvalue weighted by atomic mass is 9.94. The maximum absolute atomic E-state index is 15.0. The van der Waals surface area contributed by atoms with E-state index in [9.17, 15) is 39.0 Å². The van der Waals surface area contributed by atoms with Crippen LogP contribution in [0.4, 0.5) is 18.4 Å². The molecule has 406 valence electrons. The highest BCUT2D eigenvalue weighted by molar-refractivity contribution is 5.97. The predicted octanol–water partition coefficient (Wildman–Crippen LogP) is 6.69. The molecular weight excluding hydrogens is 959 g/mol. The third-order valence-corrected chi connectivity index (χ3v) is 14.7. The second-order valence-electron chi connectivity index (χ2n) is 20.0. The Morgan fingerprint density at radius 3 is 1.38 bits per heavy atom. The fraction of sp³-hybridized carbons (Fsp3) is 0.593. The third kappa shape index (κ3) is 13.3. The van der Waals surface area contributed by atoms with Crippen LogP contribution in [0.15, 0.2) is 36.4 Å². The van der Waals surface area contributed by atoms with Crippen LogP contribution in [-0.2, 0) is 41.5 Å². The molecule has 0 bridgehead atoms. The highest BCUT2D eigenvalue weighted by Gasteiger charge is 2.41. The van der Waals surface area contributed by atoms with Crippen LogP contribution in [0, 0.1) is 11.6 Å². The Balaban J connectivity index is 1.28.